The van der Waals surface area contributed by atoms with Gasteiger partial charge in [-0.2, -0.15) is 0 Å². The third-order valence-electron chi connectivity index (χ3n) is 2.32. The fourth-order valence-electron chi connectivity index (χ4n) is 1.44. The van der Waals surface area contributed by atoms with Crippen LogP contribution in [0.5, 0.6) is 17.2 Å². The van der Waals surface area contributed by atoms with E-state index in [0.29, 0.717) is 22.8 Å². The van der Waals surface area contributed by atoms with Crippen LogP contribution in [0, 0.1) is 0 Å². The van der Waals surface area contributed by atoms with Crippen LogP contribution in [0.3, 0.4) is 0 Å². The molecule has 0 unspecified atom stereocenters. The van der Waals surface area contributed by atoms with Gasteiger partial charge in [0.1, 0.15) is 6.10 Å². The smallest absolute Gasteiger partial charge is 0.203 e. The highest BCUT2D eigenvalue weighted by Gasteiger charge is 2.15. The number of nitrogens with two attached hydrogens (primary N) is 1. The molecule has 0 spiro atoms. The quantitative estimate of drug-likeness (QED) is 0.483. The Morgan fingerprint density at radius 3 is 1.95 bits per heavy atom. The maximum absolute atomic E-state index is 5.86. The summed E-state index contributed by atoms with van der Waals surface area (Å²) < 4.78 is 15.7. The van der Waals surface area contributed by atoms with E-state index in [-0.39, 0.29) is 11.9 Å². The van der Waals surface area contributed by atoms with Crippen LogP contribution in [-0.2, 0) is 4.84 Å². The first-order valence-corrected chi connectivity index (χ1v) is 5.83. The molecule has 106 valence electrons. The Balaban J connectivity index is 3.19. The predicted octanol–water partition coefficient (Wildman–Crippen LogP) is 1.76. The third-order valence-corrected chi connectivity index (χ3v) is 2.32. The van der Waals surface area contributed by atoms with E-state index in [4.69, 9.17) is 24.8 Å². The molecule has 0 radical (unpaired) electrons. The standard InChI is InChI=1S/C13H20N2O4/c1-8(2)19-15-13(14)9-6-10(16-3)12(18-5)11(7-9)17-4/h6-8H,1-5H3,(H2,14,15). The maximum Gasteiger partial charge on any atom is 0.203 e. The van der Waals surface area contributed by atoms with Gasteiger partial charge in [-0.3, -0.25) is 0 Å². The van der Waals surface area contributed by atoms with Crippen LogP contribution in [0.25, 0.3) is 0 Å². The number of amidine groups is 1. The minimum absolute atomic E-state index is 0.0411. The number of benzene rings is 1. The Hall–Kier alpha value is -2.11. The topological polar surface area (TPSA) is 75.3 Å². The molecule has 0 aliphatic rings. The summed E-state index contributed by atoms with van der Waals surface area (Å²) in [6.45, 7) is 3.73. The highest BCUT2D eigenvalue weighted by molar-refractivity contribution is 5.98. The molecule has 0 amide bonds. The van der Waals surface area contributed by atoms with Crippen molar-refractivity contribution in [3.63, 3.8) is 0 Å². The molecule has 19 heavy (non-hydrogen) atoms. The number of methoxy groups -OCH3 is 3. The van der Waals surface area contributed by atoms with Gasteiger partial charge in [0.2, 0.25) is 5.75 Å². The van der Waals surface area contributed by atoms with Crippen LogP contribution in [0.2, 0.25) is 0 Å². The molecule has 0 atom stereocenters. The van der Waals surface area contributed by atoms with Crippen LogP contribution >= 0.6 is 0 Å². The maximum atomic E-state index is 5.86. The van der Waals surface area contributed by atoms with Gasteiger partial charge in [-0.25, -0.2) is 0 Å². The Morgan fingerprint density at radius 2 is 1.58 bits per heavy atom. The van der Waals surface area contributed by atoms with Crippen LogP contribution < -0.4 is 19.9 Å². The van der Waals surface area contributed by atoms with Gasteiger partial charge in [-0.1, -0.05) is 5.16 Å². The van der Waals surface area contributed by atoms with E-state index in [0.717, 1.165) is 0 Å². The molecule has 1 aromatic rings. The molecule has 6 heteroatoms. The second kappa shape index (κ2) is 6.72. The summed E-state index contributed by atoms with van der Waals surface area (Å²) >= 11 is 0. The average molecular weight is 268 g/mol. The van der Waals surface area contributed by atoms with Gasteiger partial charge >= 0.3 is 0 Å². The van der Waals surface area contributed by atoms with Crippen molar-refractivity contribution in [2.24, 2.45) is 10.9 Å². The lowest BCUT2D eigenvalue weighted by Gasteiger charge is -2.14. The predicted molar refractivity (Wildman–Crippen MR) is 73.0 cm³/mol. The number of ether oxygens (including phenoxy) is 3. The molecule has 0 bridgehead atoms. The van der Waals surface area contributed by atoms with Gasteiger partial charge in [0, 0.05) is 5.56 Å². The summed E-state index contributed by atoms with van der Waals surface area (Å²) in [6, 6.07) is 3.42. The van der Waals surface area contributed by atoms with Gasteiger partial charge in [-0.05, 0) is 26.0 Å². The monoisotopic (exact) mass is 268 g/mol. The average Bonchev–Trinajstić information content (AvgIpc) is 2.42. The summed E-state index contributed by atoms with van der Waals surface area (Å²) in [4.78, 5) is 5.11. The molecule has 0 aliphatic heterocycles. The number of hydrogen-bond acceptors (Lipinski definition) is 5. The summed E-state index contributed by atoms with van der Waals surface area (Å²) in [5.41, 5.74) is 6.49. The van der Waals surface area contributed by atoms with Gasteiger partial charge < -0.3 is 24.8 Å². The fourth-order valence-corrected chi connectivity index (χ4v) is 1.44. The fraction of sp³-hybridized carbons (Fsp3) is 0.462. The lowest BCUT2D eigenvalue weighted by Crippen LogP contribution is -2.15. The molecular weight excluding hydrogens is 248 g/mol. The molecule has 0 aromatic heterocycles. The summed E-state index contributed by atoms with van der Waals surface area (Å²) in [7, 11) is 4.62. The zero-order chi connectivity index (χ0) is 14.4. The van der Waals surface area contributed by atoms with E-state index in [1.165, 1.54) is 0 Å². The molecule has 0 heterocycles. The first kappa shape index (κ1) is 14.9. The molecule has 2 N–H and O–H groups in total. The van der Waals surface area contributed by atoms with Crippen molar-refractivity contribution in [1.29, 1.82) is 0 Å². The highest BCUT2D eigenvalue weighted by Crippen LogP contribution is 2.38. The number of oxime groups is 1. The zero-order valence-electron chi connectivity index (χ0n) is 11.9. The van der Waals surface area contributed by atoms with Crippen molar-refractivity contribution in [3.8, 4) is 17.2 Å². The second-order valence-electron chi connectivity index (χ2n) is 4.04. The lowest BCUT2D eigenvalue weighted by atomic mass is 10.1. The summed E-state index contributed by atoms with van der Waals surface area (Å²) in [5.74, 6) is 1.78. The number of hydrogen-bond donors (Lipinski definition) is 1. The molecule has 1 rings (SSSR count). The van der Waals surface area contributed by atoms with Crippen molar-refractivity contribution in [2.75, 3.05) is 21.3 Å². The number of rotatable bonds is 6. The molecule has 1 aromatic carbocycles. The van der Waals surface area contributed by atoms with E-state index < -0.39 is 0 Å². The van der Waals surface area contributed by atoms with E-state index >= 15 is 0 Å². The van der Waals surface area contributed by atoms with Crippen LogP contribution in [0.1, 0.15) is 19.4 Å². The van der Waals surface area contributed by atoms with Crippen molar-refractivity contribution >= 4 is 5.84 Å². The first-order chi connectivity index (χ1) is 9.03. The minimum atomic E-state index is -0.0411. The molecule has 0 saturated carbocycles. The Morgan fingerprint density at radius 1 is 1.05 bits per heavy atom. The summed E-state index contributed by atoms with van der Waals surface area (Å²) in [6.07, 6.45) is -0.0411. The van der Waals surface area contributed by atoms with E-state index in [2.05, 4.69) is 5.16 Å². The van der Waals surface area contributed by atoms with Gasteiger partial charge in [-0.15, -0.1) is 0 Å². The SMILES string of the molecule is COc1cc(/C(N)=N/OC(C)C)cc(OC)c1OC. The van der Waals surface area contributed by atoms with Crippen molar-refractivity contribution in [3.05, 3.63) is 17.7 Å². The van der Waals surface area contributed by atoms with Crippen LogP contribution in [-0.4, -0.2) is 33.3 Å². The van der Waals surface area contributed by atoms with Gasteiger partial charge in [0.25, 0.3) is 0 Å². The zero-order valence-corrected chi connectivity index (χ0v) is 11.9. The van der Waals surface area contributed by atoms with E-state index in [1.54, 1.807) is 33.5 Å². The van der Waals surface area contributed by atoms with E-state index in [1.807, 2.05) is 13.8 Å². The van der Waals surface area contributed by atoms with Crippen molar-refractivity contribution < 1.29 is 19.0 Å². The van der Waals surface area contributed by atoms with Gasteiger partial charge in [0.15, 0.2) is 17.3 Å². The summed E-state index contributed by atoms with van der Waals surface area (Å²) in [5, 5.41) is 3.84. The Labute approximate surface area is 113 Å². The molecular formula is C13H20N2O4. The third kappa shape index (κ3) is 3.67. The normalized spacial score (nSPS) is 11.4. The van der Waals surface area contributed by atoms with Gasteiger partial charge in [0.05, 0.1) is 21.3 Å². The number of nitrogens with zero attached hydrogens (tertiary/aromatic N) is 1. The Bertz CT molecular complexity index is 433. The molecule has 0 saturated heterocycles. The largest absolute Gasteiger partial charge is 0.493 e. The molecule has 0 fully saturated rings. The van der Waals surface area contributed by atoms with Crippen LogP contribution in [0.4, 0.5) is 0 Å². The van der Waals surface area contributed by atoms with Crippen LogP contribution in [0.15, 0.2) is 17.3 Å². The second-order valence-corrected chi connectivity index (χ2v) is 4.04. The van der Waals surface area contributed by atoms with E-state index in [9.17, 15) is 0 Å². The molecule has 6 nitrogen and oxygen atoms in total. The minimum Gasteiger partial charge on any atom is -0.493 e. The molecule has 0 aliphatic carbocycles. The highest BCUT2D eigenvalue weighted by atomic mass is 16.6. The van der Waals surface area contributed by atoms with Crippen molar-refractivity contribution in [2.45, 2.75) is 20.0 Å². The first-order valence-electron chi connectivity index (χ1n) is 5.83. The Kier molecular flexibility index (Phi) is 5.29. The lowest BCUT2D eigenvalue weighted by molar-refractivity contribution is 0.0858. The van der Waals surface area contributed by atoms with Crippen molar-refractivity contribution in [1.82, 2.24) is 0 Å².